The van der Waals surface area contributed by atoms with Gasteiger partial charge in [0.2, 0.25) is 18.7 Å². The molecule has 2 unspecified atom stereocenters. The zero-order valence-electron chi connectivity index (χ0n) is 21.3. The van der Waals surface area contributed by atoms with Crippen LogP contribution in [0.5, 0.6) is 5.75 Å². The van der Waals surface area contributed by atoms with Gasteiger partial charge in [0.15, 0.2) is 0 Å². The van der Waals surface area contributed by atoms with Crippen LogP contribution in [0.2, 0.25) is 0 Å². The number of guanidine groups is 1. The predicted molar refractivity (Wildman–Crippen MR) is 143 cm³/mol. The quantitative estimate of drug-likeness (QED) is 0.500. The van der Waals surface area contributed by atoms with Crippen LogP contribution in [0.15, 0.2) is 53.7 Å². The summed E-state index contributed by atoms with van der Waals surface area (Å²) in [4.78, 5) is 17.8. The summed E-state index contributed by atoms with van der Waals surface area (Å²) in [5.74, 6) is 0.401. The third-order valence-electron chi connectivity index (χ3n) is 7.71. The first-order valence-corrected chi connectivity index (χ1v) is 13.2. The molecule has 0 radical (unpaired) electrons. The Balaban J connectivity index is 1.47. The standard InChI is InChI=1S/C26H38FN9O/c27-19-37-22-11-7-10-21(18-22)35-24(28)32-26(30,36(25(35)29)20-8-3-1-2-4-9-20)34-16-14-33(15-17-34)23-12-5-6-13-31-23/h5-7,10-13,18,20,25H,1-4,8-9,14-17,19,29-30H2,(H2,28,32). The fourth-order valence-corrected chi connectivity index (χ4v) is 5.87. The van der Waals surface area contributed by atoms with E-state index in [4.69, 9.17) is 26.9 Å². The number of halogens is 1. The lowest BCUT2D eigenvalue weighted by Gasteiger charge is -2.56. The van der Waals surface area contributed by atoms with E-state index in [0.717, 1.165) is 44.6 Å². The van der Waals surface area contributed by atoms with Gasteiger partial charge in [0, 0.05) is 44.5 Å². The van der Waals surface area contributed by atoms with Crippen molar-refractivity contribution in [1.29, 1.82) is 0 Å². The van der Waals surface area contributed by atoms with Gasteiger partial charge in [0.05, 0.1) is 5.69 Å². The van der Waals surface area contributed by atoms with Gasteiger partial charge < -0.3 is 15.4 Å². The summed E-state index contributed by atoms with van der Waals surface area (Å²) >= 11 is 0. The van der Waals surface area contributed by atoms with E-state index in [2.05, 4.69) is 19.7 Å². The molecule has 1 aliphatic carbocycles. The second kappa shape index (κ2) is 11.2. The van der Waals surface area contributed by atoms with Gasteiger partial charge >= 0.3 is 0 Å². The number of aliphatic imine (C=N–C) groups is 1. The minimum absolute atomic E-state index is 0.154. The third-order valence-corrected chi connectivity index (χ3v) is 7.71. The van der Waals surface area contributed by atoms with E-state index in [9.17, 15) is 4.39 Å². The molecule has 2 aromatic rings. The number of hydrogen-bond donors (Lipinski definition) is 3. The van der Waals surface area contributed by atoms with E-state index in [1.165, 1.54) is 12.8 Å². The first kappa shape index (κ1) is 25.7. The maximum absolute atomic E-state index is 12.8. The van der Waals surface area contributed by atoms with Crippen LogP contribution in [0, 0.1) is 0 Å². The van der Waals surface area contributed by atoms with Gasteiger partial charge in [-0.05, 0) is 37.1 Å². The average Bonchev–Trinajstić information content (AvgIpc) is 3.19. The summed E-state index contributed by atoms with van der Waals surface area (Å²) in [6.07, 6.45) is 7.80. The lowest BCUT2D eigenvalue weighted by atomic mass is 10.1. The van der Waals surface area contributed by atoms with Crippen molar-refractivity contribution in [3.8, 4) is 5.75 Å². The summed E-state index contributed by atoms with van der Waals surface area (Å²) in [6, 6.07) is 13.2. The van der Waals surface area contributed by atoms with Crippen molar-refractivity contribution in [3.05, 3.63) is 48.7 Å². The number of hydrogen-bond acceptors (Lipinski definition) is 10. The maximum atomic E-state index is 12.8. The fraction of sp³-hybridized carbons (Fsp3) is 0.538. The molecule has 5 rings (SSSR count). The number of anilines is 2. The molecule has 2 atom stereocenters. The van der Waals surface area contributed by atoms with Gasteiger partial charge in [0.1, 0.15) is 17.9 Å². The Morgan fingerprint density at radius 1 is 1.00 bits per heavy atom. The summed E-state index contributed by atoms with van der Waals surface area (Å²) < 4.78 is 17.9. The number of ether oxygens (including phenoxy) is 1. The first-order chi connectivity index (χ1) is 18.0. The molecule has 3 heterocycles. The van der Waals surface area contributed by atoms with Crippen LogP contribution in [0.4, 0.5) is 15.9 Å². The lowest BCUT2D eigenvalue weighted by molar-refractivity contribution is -0.107. The van der Waals surface area contributed by atoms with Crippen LogP contribution in [0.25, 0.3) is 0 Å². The zero-order valence-corrected chi connectivity index (χ0v) is 21.3. The topological polar surface area (TPSA) is 125 Å². The van der Waals surface area contributed by atoms with Gasteiger partial charge in [-0.1, -0.05) is 37.8 Å². The minimum Gasteiger partial charge on any atom is -0.463 e. The molecule has 0 spiro atoms. The molecular formula is C26H38FN9O. The van der Waals surface area contributed by atoms with E-state index in [0.29, 0.717) is 24.5 Å². The Morgan fingerprint density at radius 2 is 1.76 bits per heavy atom. The van der Waals surface area contributed by atoms with E-state index in [-0.39, 0.29) is 12.0 Å². The van der Waals surface area contributed by atoms with Crippen molar-refractivity contribution >= 4 is 17.5 Å². The van der Waals surface area contributed by atoms with E-state index < -0.39 is 19.1 Å². The number of alkyl halides is 1. The van der Waals surface area contributed by atoms with Crippen LogP contribution in [0.1, 0.15) is 38.5 Å². The fourth-order valence-electron chi connectivity index (χ4n) is 5.87. The Morgan fingerprint density at radius 3 is 2.43 bits per heavy atom. The van der Waals surface area contributed by atoms with Crippen LogP contribution >= 0.6 is 0 Å². The van der Waals surface area contributed by atoms with Crippen LogP contribution in [0.3, 0.4) is 0 Å². The highest BCUT2D eigenvalue weighted by atomic mass is 19.1. The molecule has 0 amide bonds. The summed E-state index contributed by atoms with van der Waals surface area (Å²) in [7, 11) is 0. The molecule has 2 aliphatic heterocycles. The van der Waals surface area contributed by atoms with E-state index in [1.807, 2.05) is 30.5 Å². The Hall–Kier alpha value is -2.99. The monoisotopic (exact) mass is 511 g/mol. The van der Waals surface area contributed by atoms with Gasteiger partial charge in [-0.3, -0.25) is 21.3 Å². The number of nitrogens with zero attached hydrogens (tertiary/aromatic N) is 6. The third kappa shape index (κ3) is 5.22. The SMILES string of the molecule is NC1=NC(N)(N2CCN(c3ccccn3)CC2)N(C2CCCCCC2)C(N)N1c1cccc(OCF)c1. The van der Waals surface area contributed by atoms with Crippen molar-refractivity contribution < 1.29 is 9.13 Å². The molecule has 200 valence electrons. The molecule has 11 heteroatoms. The molecular weight excluding hydrogens is 473 g/mol. The Bertz CT molecular complexity index is 1060. The molecule has 1 aromatic heterocycles. The number of aromatic nitrogens is 1. The molecule has 1 saturated carbocycles. The van der Waals surface area contributed by atoms with Gasteiger partial charge in [-0.15, -0.1) is 0 Å². The lowest BCUT2D eigenvalue weighted by Crippen LogP contribution is -2.80. The van der Waals surface area contributed by atoms with Gasteiger partial charge in [-0.25, -0.2) is 14.3 Å². The van der Waals surface area contributed by atoms with Crippen LogP contribution in [-0.2, 0) is 0 Å². The maximum Gasteiger partial charge on any atom is 0.232 e. The van der Waals surface area contributed by atoms with Crippen molar-refractivity contribution in [1.82, 2.24) is 14.8 Å². The van der Waals surface area contributed by atoms with Crippen molar-refractivity contribution in [2.45, 2.75) is 56.8 Å². The van der Waals surface area contributed by atoms with Crippen molar-refractivity contribution in [3.63, 3.8) is 0 Å². The van der Waals surface area contributed by atoms with Crippen LogP contribution in [-0.4, -0.2) is 72.0 Å². The van der Waals surface area contributed by atoms with Crippen LogP contribution < -0.4 is 31.7 Å². The van der Waals surface area contributed by atoms with E-state index >= 15 is 0 Å². The highest BCUT2D eigenvalue weighted by Gasteiger charge is 2.51. The normalized spacial score (nSPS) is 26.6. The van der Waals surface area contributed by atoms with Crippen molar-refractivity contribution in [2.75, 3.05) is 42.8 Å². The molecule has 0 bridgehead atoms. The molecule has 37 heavy (non-hydrogen) atoms. The molecule has 10 nitrogen and oxygen atoms in total. The second-order valence-electron chi connectivity index (χ2n) is 9.91. The highest BCUT2D eigenvalue weighted by molar-refractivity contribution is 5.96. The second-order valence-corrected chi connectivity index (χ2v) is 9.91. The minimum atomic E-state index is -1.18. The first-order valence-electron chi connectivity index (χ1n) is 13.2. The largest absolute Gasteiger partial charge is 0.463 e. The number of pyridine rings is 1. The summed E-state index contributed by atoms with van der Waals surface area (Å²) in [5.41, 5.74) is 21.5. The average molecular weight is 512 g/mol. The highest BCUT2D eigenvalue weighted by Crippen LogP contribution is 2.35. The van der Waals surface area contributed by atoms with Crippen molar-refractivity contribution in [2.24, 2.45) is 22.2 Å². The Labute approximate surface area is 217 Å². The number of rotatable bonds is 6. The molecule has 1 aromatic carbocycles. The Kier molecular flexibility index (Phi) is 7.75. The number of nitrogens with two attached hydrogens (primary N) is 3. The number of piperazine rings is 1. The molecule has 3 aliphatic rings. The zero-order chi connectivity index (χ0) is 25.8. The van der Waals surface area contributed by atoms with Gasteiger partial charge in [-0.2, -0.15) is 4.99 Å². The smallest absolute Gasteiger partial charge is 0.232 e. The summed E-state index contributed by atoms with van der Waals surface area (Å²) in [6.45, 7) is 2.01. The number of benzene rings is 1. The molecule has 2 fully saturated rings. The predicted octanol–water partition coefficient (Wildman–Crippen LogP) is 2.18. The summed E-state index contributed by atoms with van der Waals surface area (Å²) in [5, 5.41) is 0. The molecule has 6 N–H and O–H groups in total. The van der Waals surface area contributed by atoms with E-state index in [1.54, 1.807) is 23.1 Å². The molecule has 1 saturated heterocycles. The van der Waals surface area contributed by atoms with Gasteiger partial charge in [0.25, 0.3) is 0 Å².